The molecule has 27 heavy (non-hydrogen) atoms. The van der Waals surface area contributed by atoms with Gasteiger partial charge in [0.05, 0.1) is 30.2 Å². The standard InChI is InChI=1S/C19H17ClF3NO3/c20-15-8-13(9-16-18(15)27-6-2-5-26-16)11-24-17(25)10-12-3-1-4-14(7-12)19(21,22)23/h1,3-4,7-9H,2,5-6,10-11H2,(H,24,25). The van der Waals surface area contributed by atoms with E-state index in [1.807, 2.05) is 0 Å². The van der Waals surface area contributed by atoms with Crippen molar-refractivity contribution in [1.29, 1.82) is 0 Å². The van der Waals surface area contributed by atoms with Gasteiger partial charge in [0, 0.05) is 13.0 Å². The predicted octanol–water partition coefficient (Wildman–Crippen LogP) is 4.38. The normalized spacial score (nSPS) is 13.8. The van der Waals surface area contributed by atoms with E-state index < -0.39 is 17.6 Å². The monoisotopic (exact) mass is 399 g/mol. The van der Waals surface area contributed by atoms with Gasteiger partial charge in [-0.15, -0.1) is 0 Å². The summed E-state index contributed by atoms with van der Waals surface area (Å²) < 4.78 is 49.4. The molecule has 0 saturated heterocycles. The minimum atomic E-state index is -4.44. The van der Waals surface area contributed by atoms with Crippen LogP contribution in [0.2, 0.25) is 5.02 Å². The lowest BCUT2D eigenvalue weighted by Crippen LogP contribution is -2.24. The summed E-state index contributed by atoms with van der Waals surface area (Å²) >= 11 is 6.20. The second kappa shape index (κ2) is 8.08. The Morgan fingerprint density at radius 3 is 2.67 bits per heavy atom. The average Bonchev–Trinajstić information content (AvgIpc) is 2.85. The molecule has 0 spiro atoms. The number of alkyl halides is 3. The molecular weight excluding hydrogens is 383 g/mol. The van der Waals surface area contributed by atoms with Gasteiger partial charge in [0.1, 0.15) is 0 Å². The van der Waals surface area contributed by atoms with Crippen molar-refractivity contribution in [3.8, 4) is 11.5 Å². The SMILES string of the molecule is O=C(Cc1cccc(C(F)(F)F)c1)NCc1cc(Cl)c2c(c1)OCCCO2. The maximum Gasteiger partial charge on any atom is 0.416 e. The molecule has 144 valence electrons. The van der Waals surface area contributed by atoms with E-state index in [1.165, 1.54) is 12.1 Å². The zero-order chi connectivity index (χ0) is 19.4. The molecule has 1 aliphatic rings. The second-order valence-electron chi connectivity index (χ2n) is 6.11. The maximum atomic E-state index is 12.7. The Morgan fingerprint density at radius 2 is 1.89 bits per heavy atom. The van der Waals surface area contributed by atoms with Crippen LogP contribution in [-0.4, -0.2) is 19.1 Å². The number of halogens is 4. The molecule has 1 amide bonds. The molecule has 2 aromatic rings. The number of fused-ring (bicyclic) bond motifs is 1. The van der Waals surface area contributed by atoms with Gasteiger partial charge in [-0.3, -0.25) is 4.79 Å². The van der Waals surface area contributed by atoms with Crippen LogP contribution in [0.15, 0.2) is 36.4 Å². The van der Waals surface area contributed by atoms with Gasteiger partial charge < -0.3 is 14.8 Å². The number of nitrogens with one attached hydrogen (secondary N) is 1. The largest absolute Gasteiger partial charge is 0.489 e. The Kier molecular flexibility index (Phi) is 5.79. The lowest BCUT2D eigenvalue weighted by molar-refractivity contribution is -0.137. The van der Waals surface area contributed by atoms with E-state index in [0.29, 0.717) is 40.9 Å². The quantitative estimate of drug-likeness (QED) is 0.830. The molecule has 0 radical (unpaired) electrons. The fraction of sp³-hybridized carbons (Fsp3) is 0.316. The number of carbonyl (C=O) groups excluding carboxylic acids is 1. The molecule has 4 nitrogen and oxygen atoms in total. The van der Waals surface area contributed by atoms with Gasteiger partial charge in [-0.05, 0) is 29.3 Å². The third kappa shape index (κ3) is 5.07. The van der Waals surface area contributed by atoms with E-state index in [0.717, 1.165) is 18.6 Å². The number of rotatable bonds is 4. The number of hydrogen-bond donors (Lipinski definition) is 1. The highest BCUT2D eigenvalue weighted by atomic mass is 35.5. The van der Waals surface area contributed by atoms with Crippen molar-refractivity contribution in [1.82, 2.24) is 5.32 Å². The summed E-state index contributed by atoms with van der Waals surface area (Å²) in [4.78, 5) is 12.1. The van der Waals surface area contributed by atoms with Crippen molar-refractivity contribution < 1.29 is 27.4 Å². The Morgan fingerprint density at radius 1 is 1.11 bits per heavy atom. The summed E-state index contributed by atoms with van der Waals surface area (Å²) in [5.74, 6) is 0.605. The fourth-order valence-corrected chi connectivity index (χ4v) is 2.98. The van der Waals surface area contributed by atoms with Gasteiger partial charge >= 0.3 is 6.18 Å². The number of ether oxygens (including phenoxy) is 2. The molecule has 0 fully saturated rings. The third-order valence-corrected chi connectivity index (χ3v) is 4.25. The molecule has 3 rings (SSSR count). The Labute approximate surface area is 159 Å². The summed E-state index contributed by atoms with van der Waals surface area (Å²) in [6.07, 6.45) is -3.84. The van der Waals surface area contributed by atoms with Gasteiger partial charge in [-0.2, -0.15) is 13.2 Å². The van der Waals surface area contributed by atoms with Crippen LogP contribution in [0.1, 0.15) is 23.1 Å². The highest BCUT2D eigenvalue weighted by Gasteiger charge is 2.30. The van der Waals surface area contributed by atoms with Crippen molar-refractivity contribution in [2.24, 2.45) is 0 Å². The maximum absolute atomic E-state index is 12.7. The lowest BCUT2D eigenvalue weighted by atomic mass is 10.1. The molecule has 0 saturated carbocycles. The Balaban J connectivity index is 1.63. The summed E-state index contributed by atoms with van der Waals surface area (Å²) in [5, 5.41) is 3.07. The Hall–Kier alpha value is -2.41. The number of carbonyl (C=O) groups is 1. The smallest absolute Gasteiger partial charge is 0.416 e. The molecule has 0 bridgehead atoms. The molecule has 0 aliphatic carbocycles. The van der Waals surface area contributed by atoms with Crippen LogP contribution >= 0.6 is 11.6 Å². The van der Waals surface area contributed by atoms with Crippen LogP contribution in [0.5, 0.6) is 11.5 Å². The minimum absolute atomic E-state index is 0.151. The van der Waals surface area contributed by atoms with E-state index in [1.54, 1.807) is 12.1 Å². The molecule has 0 atom stereocenters. The summed E-state index contributed by atoms with van der Waals surface area (Å²) in [5.41, 5.74) is 0.225. The molecule has 1 aliphatic heterocycles. The van der Waals surface area contributed by atoms with Crippen LogP contribution < -0.4 is 14.8 Å². The third-order valence-electron chi connectivity index (χ3n) is 3.97. The van der Waals surface area contributed by atoms with Crippen LogP contribution in [-0.2, 0) is 23.9 Å². The first-order valence-corrected chi connectivity index (χ1v) is 8.71. The minimum Gasteiger partial charge on any atom is -0.489 e. The van der Waals surface area contributed by atoms with Gasteiger partial charge in [0.25, 0.3) is 0 Å². The van der Waals surface area contributed by atoms with Crippen LogP contribution in [0.3, 0.4) is 0 Å². The second-order valence-corrected chi connectivity index (χ2v) is 6.51. The molecule has 0 aromatic heterocycles. The predicted molar refractivity (Wildman–Crippen MR) is 94.1 cm³/mol. The summed E-state index contributed by atoms with van der Waals surface area (Å²) in [6, 6.07) is 8.12. The molecule has 2 aromatic carbocycles. The topological polar surface area (TPSA) is 47.6 Å². The molecule has 0 unspecified atom stereocenters. The summed E-state index contributed by atoms with van der Waals surface area (Å²) in [7, 11) is 0. The summed E-state index contributed by atoms with van der Waals surface area (Å²) in [6.45, 7) is 1.20. The lowest BCUT2D eigenvalue weighted by Gasteiger charge is -2.12. The zero-order valence-corrected chi connectivity index (χ0v) is 15.0. The van der Waals surface area contributed by atoms with E-state index in [9.17, 15) is 18.0 Å². The zero-order valence-electron chi connectivity index (χ0n) is 14.2. The highest BCUT2D eigenvalue weighted by molar-refractivity contribution is 6.32. The van der Waals surface area contributed by atoms with E-state index >= 15 is 0 Å². The highest BCUT2D eigenvalue weighted by Crippen LogP contribution is 2.38. The van der Waals surface area contributed by atoms with Gasteiger partial charge in [0.15, 0.2) is 11.5 Å². The average molecular weight is 400 g/mol. The first kappa shape index (κ1) is 19.4. The number of benzene rings is 2. The molecule has 8 heteroatoms. The number of amides is 1. The first-order chi connectivity index (χ1) is 12.8. The van der Waals surface area contributed by atoms with Gasteiger partial charge in [0.2, 0.25) is 5.91 Å². The van der Waals surface area contributed by atoms with E-state index in [2.05, 4.69) is 5.32 Å². The Bertz CT molecular complexity index is 839. The van der Waals surface area contributed by atoms with Crippen LogP contribution in [0.4, 0.5) is 13.2 Å². The van der Waals surface area contributed by atoms with Crippen molar-refractivity contribution in [3.05, 3.63) is 58.1 Å². The fourth-order valence-electron chi connectivity index (χ4n) is 2.69. The van der Waals surface area contributed by atoms with Crippen molar-refractivity contribution in [2.45, 2.75) is 25.6 Å². The molecule has 1 N–H and O–H groups in total. The van der Waals surface area contributed by atoms with Crippen molar-refractivity contribution in [3.63, 3.8) is 0 Å². The van der Waals surface area contributed by atoms with Crippen molar-refractivity contribution in [2.75, 3.05) is 13.2 Å². The molecule has 1 heterocycles. The van der Waals surface area contributed by atoms with E-state index in [-0.39, 0.29) is 13.0 Å². The number of hydrogen-bond acceptors (Lipinski definition) is 3. The van der Waals surface area contributed by atoms with Gasteiger partial charge in [-0.1, -0.05) is 29.8 Å². The van der Waals surface area contributed by atoms with E-state index in [4.69, 9.17) is 21.1 Å². The van der Waals surface area contributed by atoms with Gasteiger partial charge in [-0.25, -0.2) is 0 Å². The van der Waals surface area contributed by atoms with Crippen LogP contribution in [0.25, 0.3) is 0 Å². The molecular formula is C19H17ClF3NO3. The first-order valence-electron chi connectivity index (χ1n) is 8.34. The van der Waals surface area contributed by atoms with Crippen LogP contribution in [0, 0.1) is 0 Å². The van der Waals surface area contributed by atoms with Crippen molar-refractivity contribution >= 4 is 17.5 Å².